The molecule has 0 aromatic heterocycles. The SMILES string of the molecule is CCC(O)CN(C)Cc1cccc(C)c1. The Kier molecular flexibility index (Phi) is 4.79. The fraction of sp³-hybridized carbons (Fsp3) is 0.538. The van der Waals surface area contributed by atoms with Crippen molar-refractivity contribution in [1.29, 1.82) is 0 Å². The number of hydrogen-bond acceptors (Lipinski definition) is 2. The van der Waals surface area contributed by atoms with Crippen LogP contribution >= 0.6 is 0 Å². The summed E-state index contributed by atoms with van der Waals surface area (Å²) in [5, 5.41) is 9.52. The normalized spacial score (nSPS) is 13.1. The average Bonchev–Trinajstić information content (AvgIpc) is 2.17. The third-order valence-electron chi connectivity index (χ3n) is 2.53. The predicted molar refractivity (Wildman–Crippen MR) is 63.8 cm³/mol. The molecule has 2 heteroatoms. The van der Waals surface area contributed by atoms with Gasteiger partial charge in [-0.2, -0.15) is 0 Å². The Bertz CT molecular complexity index is 298. The van der Waals surface area contributed by atoms with Crippen LogP contribution < -0.4 is 0 Å². The molecule has 1 aromatic rings. The highest BCUT2D eigenvalue weighted by Gasteiger charge is 2.06. The van der Waals surface area contributed by atoms with Gasteiger partial charge in [-0.15, -0.1) is 0 Å². The van der Waals surface area contributed by atoms with E-state index in [-0.39, 0.29) is 6.10 Å². The molecule has 15 heavy (non-hydrogen) atoms. The van der Waals surface area contributed by atoms with Gasteiger partial charge in [0.1, 0.15) is 0 Å². The third-order valence-corrected chi connectivity index (χ3v) is 2.53. The Hall–Kier alpha value is -0.860. The van der Waals surface area contributed by atoms with Gasteiger partial charge in [-0.1, -0.05) is 36.8 Å². The van der Waals surface area contributed by atoms with Gasteiger partial charge in [0.15, 0.2) is 0 Å². The molecule has 1 unspecified atom stereocenters. The Morgan fingerprint density at radius 2 is 2.13 bits per heavy atom. The largest absolute Gasteiger partial charge is 0.392 e. The minimum absolute atomic E-state index is 0.209. The van der Waals surface area contributed by atoms with Crippen molar-refractivity contribution in [3.05, 3.63) is 35.4 Å². The highest BCUT2D eigenvalue weighted by Crippen LogP contribution is 2.07. The minimum atomic E-state index is -0.209. The molecule has 0 amide bonds. The lowest BCUT2D eigenvalue weighted by Gasteiger charge is -2.19. The number of hydrogen-bond donors (Lipinski definition) is 1. The molecule has 1 N–H and O–H groups in total. The summed E-state index contributed by atoms with van der Waals surface area (Å²) in [6, 6.07) is 8.50. The van der Waals surface area contributed by atoms with Gasteiger partial charge in [0.25, 0.3) is 0 Å². The zero-order valence-corrected chi connectivity index (χ0v) is 9.90. The van der Waals surface area contributed by atoms with Gasteiger partial charge in [0, 0.05) is 13.1 Å². The number of aliphatic hydroxyl groups is 1. The molecule has 1 aromatic carbocycles. The molecule has 0 spiro atoms. The quantitative estimate of drug-likeness (QED) is 0.800. The molecule has 0 fully saturated rings. The Morgan fingerprint density at radius 3 is 2.73 bits per heavy atom. The van der Waals surface area contributed by atoms with Crippen molar-refractivity contribution < 1.29 is 5.11 Å². The predicted octanol–water partition coefficient (Wildman–Crippen LogP) is 2.20. The van der Waals surface area contributed by atoms with E-state index in [0.717, 1.165) is 19.5 Å². The second-order valence-corrected chi connectivity index (χ2v) is 4.25. The summed E-state index contributed by atoms with van der Waals surface area (Å²) in [5.74, 6) is 0. The van der Waals surface area contributed by atoms with Crippen molar-refractivity contribution in [1.82, 2.24) is 4.90 Å². The molecular formula is C13H21NO. The second kappa shape index (κ2) is 5.89. The molecule has 0 radical (unpaired) electrons. The van der Waals surface area contributed by atoms with Crippen LogP contribution in [0.15, 0.2) is 24.3 Å². The van der Waals surface area contributed by atoms with Crippen molar-refractivity contribution in [3.8, 4) is 0 Å². The smallest absolute Gasteiger partial charge is 0.0664 e. The molecule has 0 aliphatic carbocycles. The number of likely N-dealkylation sites (N-methyl/N-ethyl adjacent to an activating group) is 1. The van der Waals surface area contributed by atoms with Crippen molar-refractivity contribution in [3.63, 3.8) is 0 Å². The highest BCUT2D eigenvalue weighted by molar-refractivity contribution is 5.21. The Balaban J connectivity index is 2.47. The van der Waals surface area contributed by atoms with Crippen LogP contribution in [0.4, 0.5) is 0 Å². The maximum atomic E-state index is 9.52. The zero-order valence-electron chi connectivity index (χ0n) is 9.90. The van der Waals surface area contributed by atoms with Gasteiger partial charge in [-0.05, 0) is 26.0 Å². The minimum Gasteiger partial charge on any atom is -0.392 e. The van der Waals surface area contributed by atoms with Crippen LogP contribution in [-0.4, -0.2) is 29.7 Å². The third kappa shape index (κ3) is 4.45. The van der Waals surface area contributed by atoms with Gasteiger partial charge in [0.2, 0.25) is 0 Å². The van der Waals surface area contributed by atoms with Crippen molar-refractivity contribution in [2.24, 2.45) is 0 Å². The second-order valence-electron chi connectivity index (χ2n) is 4.25. The van der Waals surface area contributed by atoms with Crippen LogP contribution in [0.1, 0.15) is 24.5 Å². The number of aliphatic hydroxyl groups excluding tert-OH is 1. The van der Waals surface area contributed by atoms with E-state index in [0.29, 0.717) is 0 Å². The first-order valence-corrected chi connectivity index (χ1v) is 5.54. The van der Waals surface area contributed by atoms with E-state index in [1.54, 1.807) is 0 Å². The van der Waals surface area contributed by atoms with E-state index in [1.165, 1.54) is 11.1 Å². The standard InChI is InChI=1S/C13H21NO/c1-4-13(15)10-14(3)9-12-7-5-6-11(2)8-12/h5-8,13,15H,4,9-10H2,1-3H3. The summed E-state index contributed by atoms with van der Waals surface area (Å²) in [6.07, 6.45) is 0.609. The highest BCUT2D eigenvalue weighted by atomic mass is 16.3. The molecule has 84 valence electrons. The monoisotopic (exact) mass is 207 g/mol. The van der Waals surface area contributed by atoms with Crippen molar-refractivity contribution >= 4 is 0 Å². The van der Waals surface area contributed by atoms with Crippen LogP contribution in [-0.2, 0) is 6.54 Å². The lowest BCUT2D eigenvalue weighted by atomic mass is 10.1. The molecule has 1 rings (SSSR count). The zero-order chi connectivity index (χ0) is 11.3. The van der Waals surface area contributed by atoms with Crippen LogP contribution in [0, 0.1) is 6.92 Å². The van der Waals surface area contributed by atoms with Gasteiger partial charge in [-0.25, -0.2) is 0 Å². The lowest BCUT2D eigenvalue weighted by molar-refractivity contribution is 0.119. The van der Waals surface area contributed by atoms with E-state index in [2.05, 4.69) is 36.1 Å². The molecule has 2 nitrogen and oxygen atoms in total. The number of rotatable bonds is 5. The first-order valence-electron chi connectivity index (χ1n) is 5.54. The summed E-state index contributed by atoms with van der Waals surface area (Å²) >= 11 is 0. The maximum Gasteiger partial charge on any atom is 0.0664 e. The molecule has 0 heterocycles. The summed E-state index contributed by atoms with van der Waals surface area (Å²) < 4.78 is 0. The Morgan fingerprint density at radius 1 is 1.40 bits per heavy atom. The van der Waals surface area contributed by atoms with Gasteiger partial charge >= 0.3 is 0 Å². The van der Waals surface area contributed by atoms with Crippen LogP contribution in [0.3, 0.4) is 0 Å². The van der Waals surface area contributed by atoms with E-state index in [1.807, 2.05) is 14.0 Å². The maximum absolute atomic E-state index is 9.52. The van der Waals surface area contributed by atoms with E-state index < -0.39 is 0 Å². The number of nitrogens with zero attached hydrogens (tertiary/aromatic N) is 1. The summed E-state index contributed by atoms with van der Waals surface area (Å²) in [6.45, 7) is 5.75. The van der Waals surface area contributed by atoms with Gasteiger partial charge in [0.05, 0.1) is 6.10 Å². The van der Waals surface area contributed by atoms with Gasteiger partial charge in [-0.3, -0.25) is 4.90 Å². The Labute approximate surface area is 92.5 Å². The number of benzene rings is 1. The van der Waals surface area contributed by atoms with Crippen molar-refractivity contribution in [2.75, 3.05) is 13.6 Å². The van der Waals surface area contributed by atoms with E-state index in [4.69, 9.17) is 0 Å². The molecule has 0 saturated carbocycles. The molecule has 0 saturated heterocycles. The number of aryl methyl sites for hydroxylation is 1. The van der Waals surface area contributed by atoms with Crippen molar-refractivity contribution in [2.45, 2.75) is 32.9 Å². The topological polar surface area (TPSA) is 23.5 Å². The van der Waals surface area contributed by atoms with E-state index >= 15 is 0 Å². The molecular weight excluding hydrogens is 186 g/mol. The summed E-state index contributed by atoms with van der Waals surface area (Å²) in [7, 11) is 2.04. The molecule has 1 atom stereocenters. The molecule has 0 bridgehead atoms. The summed E-state index contributed by atoms with van der Waals surface area (Å²) in [5.41, 5.74) is 2.60. The summed E-state index contributed by atoms with van der Waals surface area (Å²) in [4.78, 5) is 2.16. The van der Waals surface area contributed by atoms with Gasteiger partial charge < -0.3 is 5.11 Å². The molecule has 0 aliphatic rings. The fourth-order valence-electron chi connectivity index (χ4n) is 1.68. The van der Waals surface area contributed by atoms with Crippen LogP contribution in [0.5, 0.6) is 0 Å². The first-order chi connectivity index (χ1) is 7.11. The van der Waals surface area contributed by atoms with Crippen LogP contribution in [0.25, 0.3) is 0 Å². The lowest BCUT2D eigenvalue weighted by Crippen LogP contribution is -2.28. The van der Waals surface area contributed by atoms with Crippen LogP contribution in [0.2, 0.25) is 0 Å². The fourth-order valence-corrected chi connectivity index (χ4v) is 1.68. The first kappa shape index (κ1) is 12.2. The molecule has 0 aliphatic heterocycles. The van der Waals surface area contributed by atoms with E-state index in [9.17, 15) is 5.11 Å². The average molecular weight is 207 g/mol.